The Morgan fingerprint density at radius 3 is 2.50 bits per heavy atom. The highest BCUT2D eigenvalue weighted by molar-refractivity contribution is 14.1. The Balaban J connectivity index is 2.23. The van der Waals surface area contributed by atoms with E-state index in [4.69, 9.17) is 0 Å². The monoisotopic (exact) mass is 194 g/mol. The van der Waals surface area contributed by atoms with Crippen molar-refractivity contribution in [3.63, 3.8) is 0 Å². The number of allylic oxidation sites excluding steroid dienone is 2. The molecule has 0 saturated heterocycles. The number of rotatable bonds is 1. The second kappa shape index (κ2) is 1.52. The largest absolute Gasteiger partial charge is 0.0732 e. The minimum atomic E-state index is 0.826. The van der Waals surface area contributed by atoms with Gasteiger partial charge in [-0.1, -0.05) is 41.2 Å². The molecule has 0 aliphatic heterocycles. The van der Waals surface area contributed by atoms with Gasteiger partial charge in [-0.3, -0.25) is 0 Å². The summed E-state index contributed by atoms with van der Waals surface area (Å²) in [6, 6.07) is 0. The van der Waals surface area contributed by atoms with Gasteiger partial charge in [0.05, 0.1) is 3.92 Å². The zero-order valence-electron chi connectivity index (χ0n) is 3.74. The average Bonchev–Trinajstić information content (AvgIpc) is 2.19. The van der Waals surface area contributed by atoms with E-state index in [0.717, 1.165) is 3.92 Å². The molecule has 0 radical (unpaired) electrons. The van der Waals surface area contributed by atoms with Crippen LogP contribution in [0, 0.1) is 0 Å². The Morgan fingerprint density at radius 1 is 2.00 bits per heavy atom. The standard InChI is InChI=1S/C5H7I/c1-2-4-3-5(4)6/h3,5H,2H2,1H3/t5-/m1/s1. The lowest BCUT2D eigenvalue weighted by molar-refractivity contribution is 1.16. The Kier molecular flexibility index (Phi) is 1.17. The van der Waals surface area contributed by atoms with Gasteiger partial charge in [-0.15, -0.1) is 0 Å². The van der Waals surface area contributed by atoms with E-state index in [-0.39, 0.29) is 0 Å². The zero-order chi connectivity index (χ0) is 4.57. The van der Waals surface area contributed by atoms with Gasteiger partial charge in [0.2, 0.25) is 0 Å². The Labute approximate surface area is 51.8 Å². The van der Waals surface area contributed by atoms with E-state index < -0.39 is 0 Å². The first-order valence-electron chi connectivity index (χ1n) is 2.19. The zero-order valence-corrected chi connectivity index (χ0v) is 5.90. The van der Waals surface area contributed by atoms with Gasteiger partial charge in [-0.25, -0.2) is 0 Å². The molecule has 1 atom stereocenters. The van der Waals surface area contributed by atoms with Gasteiger partial charge in [-0.05, 0) is 6.42 Å². The van der Waals surface area contributed by atoms with E-state index in [1.54, 1.807) is 5.57 Å². The second-order valence-corrected chi connectivity index (χ2v) is 2.84. The fraction of sp³-hybridized carbons (Fsp3) is 0.600. The summed E-state index contributed by atoms with van der Waals surface area (Å²) in [7, 11) is 0. The van der Waals surface area contributed by atoms with Gasteiger partial charge in [0.15, 0.2) is 0 Å². The fourth-order valence-corrected chi connectivity index (χ4v) is 1.35. The quantitative estimate of drug-likeness (QED) is 0.340. The predicted molar refractivity (Wildman–Crippen MR) is 36.2 cm³/mol. The van der Waals surface area contributed by atoms with Crippen molar-refractivity contribution in [2.24, 2.45) is 0 Å². The molecule has 0 saturated carbocycles. The molecule has 34 valence electrons. The van der Waals surface area contributed by atoms with Gasteiger partial charge in [0.1, 0.15) is 0 Å². The summed E-state index contributed by atoms with van der Waals surface area (Å²) in [5.74, 6) is 0. The van der Waals surface area contributed by atoms with Gasteiger partial charge >= 0.3 is 0 Å². The number of hydrogen-bond donors (Lipinski definition) is 0. The topological polar surface area (TPSA) is 0 Å². The first-order valence-corrected chi connectivity index (χ1v) is 3.44. The van der Waals surface area contributed by atoms with E-state index in [9.17, 15) is 0 Å². The van der Waals surface area contributed by atoms with Gasteiger partial charge < -0.3 is 0 Å². The SMILES string of the molecule is CCC1=C[C@H]1I. The molecule has 0 aromatic heterocycles. The maximum atomic E-state index is 2.42. The van der Waals surface area contributed by atoms with Crippen LogP contribution in [0.15, 0.2) is 11.6 Å². The highest BCUT2D eigenvalue weighted by Crippen LogP contribution is 2.30. The van der Waals surface area contributed by atoms with Crippen molar-refractivity contribution in [1.82, 2.24) is 0 Å². The maximum Gasteiger partial charge on any atom is 0.0502 e. The van der Waals surface area contributed by atoms with E-state index >= 15 is 0 Å². The van der Waals surface area contributed by atoms with E-state index in [1.807, 2.05) is 0 Å². The summed E-state index contributed by atoms with van der Waals surface area (Å²) in [5, 5.41) is 0. The molecule has 0 spiro atoms. The highest BCUT2D eigenvalue weighted by atomic mass is 127. The molecule has 0 heterocycles. The molecule has 6 heavy (non-hydrogen) atoms. The summed E-state index contributed by atoms with van der Waals surface area (Å²) >= 11 is 2.42. The minimum Gasteiger partial charge on any atom is -0.0732 e. The summed E-state index contributed by atoms with van der Waals surface area (Å²) in [6.45, 7) is 2.20. The Bertz CT molecular complexity index is 83.9. The molecular formula is C5H7I. The van der Waals surface area contributed by atoms with Crippen molar-refractivity contribution >= 4 is 22.6 Å². The summed E-state index contributed by atoms with van der Waals surface area (Å²) in [4.78, 5) is 0. The summed E-state index contributed by atoms with van der Waals surface area (Å²) < 4.78 is 0.826. The van der Waals surface area contributed by atoms with Crippen LogP contribution in [0.4, 0.5) is 0 Å². The van der Waals surface area contributed by atoms with E-state index in [1.165, 1.54) is 6.42 Å². The third-order valence-electron chi connectivity index (χ3n) is 1.01. The lowest BCUT2D eigenvalue weighted by Crippen LogP contribution is -1.66. The lowest BCUT2D eigenvalue weighted by Gasteiger charge is -1.76. The van der Waals surface area contributed by atoms with Crippen LogP contribution in [-0.2, 0) is 0 Å². The van der Waals surface area contributed by atoms with Gasteiger partial charge in [0, 0.05) is 0 Å². The van der Waals surface area contributed by atoms with Crippen molar-refractivity contribution < 1.29 is 0 Å². The molecule has 1 aliphatic carbocycles. The molecule has 1 aliphatic rings. The second-order valence-electron chi connectivity index (χ2n) is 1.50. The van der Waals surface area contributed by atoms with E-state index in [0.29, 0.717) is 0 Å². The lowest BCUT2D eigenvalue weighted by atomic mass is 10.4. The van der Waals surface area contributed by atoms with Gasteiger partial charge in [-0.2, -0.15) is 0 Å². The van der Waals surface area contributed by atoms with E-state index in [2.05, 4.69) is 35.6 Å². The molecule has 0 fully saturated rings. The molecule has 0 nitrogen and oxygen atoms in total. The van der Waals surface area contributed by atoms with Gasteiger partial charge in [0.25, 0.3) is 0 Å². The molecule has 0 amide bonds. The Morgan fingerprint density at radius 2 is 2.50 bits per heavy atom. The Hall–Kier alpha value is 0.470. The number of hydrogen-bond acceptors (Lipinski definition) is 0. The molecule has 0 bridgehead atoms. The van der Waals surface area contributed by atoms with Crippen LogP contribution in [0.2, 0.25) is 0 Å². The van der Waals surface area contributed by atoms with Crippen LogP contribution in [0.1, 0.15) is 13.3 Å². The fourth-order valence-electron chi connectivity index (χ4n) is 0.453. The number of alkyl halides is 1. The van der Waals surface area contributed by atoms with Crippen molar-refractivity contribution in [1.29, 1.82) is 0 Å². The molecule has 0 unspecified atom stereocenters. The van der Waals surface area contributed by atoms with Crippen LogP contribution >= 0.6 is 22.6 Å². The molecule has 0 aromatic rings. The molecule has 0 N–H and O–H groups in total. The third-order valence-corrected chi connectivity index (χ3v) is 2.17. The predicted octanol–water partition coefficient (Wildman–Crippen LogP) is 2.14. The molecule has 0 aromatic carbocycles. The van der Waals surface area contributed by atoms with Crippen LogP contribution in [0.5, 0.6) is 0 Å². The minimum absolute atomic E-state index is 0.826. The summed E-state index contributed by atoms with van der Waals surface area (Å²) in [6.07, 6.45) is 3.55. The van der Waals surface area contributed by atoms with Crippen molar-refractivity contribution in [3.8, 4) is 0 Å². The van der Waals surface area contributed by atoms with Crippen LogP contribution in [0.25, 0.3) is 0 Å². The van der Waals surface area contributed by atoms with Crippen molar-refractivity contribution in [2.75, 3.05) is 0 Å². The molecule has 1 rings (SSSR count). The van der Waals surface area contributed by atoms with Crippen LogP contribution < -0.4 is 0 Å². The normalized spacial score (nSPS) is 29.7. The smallest absolute Gasteiger partial charge is 0.0502 e. The number of halogens is 1. The maximum absolute atomic E-state index is 2.42. The molecular weight excluding hydrogens is 187 g/mol. The highest BCUT2D eigenvalue weighted by Gasteiger charge is 2.17. The first kappa shape index (κ1) is 4.62. The third kappa shape index (κ3) is 0.750. The average molecular weight is 194 g/mol. The van der Waals surface area contributed by atoms with Crippen LogP contribution in [0.3, 0.4) is 0 Å². The molecule has 1 heteroatoms. The summed E-state index contributed by atoms with van der Waals surface area (Å²) in [5.41, 5.74) is 1.62. The van der Waals surface area contributed by atoms with Crippen molar-refractivity contribution in [2.45, 2.75) is 17.3 Å². The van der Waals surface area contributed by atoms with Crippen molar-refractivity contribution in [3.05, 3.63) is 11.6 Å². The van der Waals surface area contributed by atoms with Crippen LogP contribution in [-0.4, -0.2) is 3.92 Å². The first-order chi connectivity index (χ1) is 2.84.